The molecule has 312 valence electrons. The Morgan fingerprint density at radius 2 is 1.21 bits per heavy atom. The number of hydrogen-bond acceptors (Lipinski definition) is 12. The van der Waals surface area contributed by atoms with Crippen molar-refractivity contribution in [3.05, 3.63) is 63.6 Å². The Balaban J connectivity index is 0.000000404. The third-order valence-corrected chi connectivity index (χ3v) is 10.5. The lowest BCUT2D eigenvalue weighted by molar-refractivity contribution is -0.140. The summed E-state index contributed by atoms with van der Waals surface area (Å²) < 4.78 is 53.9. The van der Waals surface area contributed by atoms with Crippen molar-refractivity contribution in [2.24, 2.45) is 5.11 Å². The van der Waals surface area contributed by atoms with Crippen LogP contribution in [0, 0.1) is 6.92 Å². The molecule has 0 saturated carbocycles. The second-order valence-corrected chi connectivity index (χ2v) is 15.0. The predicted molar refractivity (Wildman–Crippen MR) is 209 cm³/mol. The largest absolute Gasteiger partial charge is 0.463 e. The van der Waals surface area contributed by atoms with E-state index in [-0.39, 0.29) is 60.5 Å². The number of benzene rings is 1. The Morgan fingerprint density at radius 1 is 0.768 bits per heavy atom. The monoisotopic (exact) mass is 805 g/mol. The maximum atomic E-state index is 13.0. The van der Waals surface area contributed by atoms with Crippen molar-refractivity contribution in [3.63, 3.8) is 0 Å². The van der Waals surface area contributed by atoms with E-state index in [9.17, 15) is 27.6 Å². The third kappa shape index (κ3) is 14.7. The van der Waals surface area contributed by atoms with Gasteiger partial charge in [0.15, 0.2) is 0 Å². The number of hydrogen-bond donors (Lipinski definition) is 2. The number of ether oxygens (including phenoxy) is 4. The van der Waals surface area contributed by atoms with Gasteiger partial charge in [0.05, 0.1) is 60.7 Å². The Hall–Kier alpha value is -4.28. The van der Waals surface area contributed by atoms with Gasteiger partial charge in [-0.15, -0.1) is 0 Å². The van der Waals surface area contributed by atoms with Gasteiger partial charge in [0.2, 0.25) is 11.8 Å². The molecule has 2 N–H and O–H groups in total. The Bertz CT molecular complexity index is 1680. The minimum absolute atomic E-state index is 0.00521. The minimum atomic E-state index is -4.16. The summed E-state index contributed by atoms with van der Waals surface area (Å²) in [7, 11) is -4.16. The molecule has 3 rings (SSSR count). The van der Waals surface area contributed by atoms with E-state index in [1.165, 1.54) is 26.0 Å². The van der Waals surface area contributed by atoms with Crippen LogP contribution in [0.5, 0.6) is 0 Å². The number of aryl methyl sites for hydroxylation is 1. The highest BCUT2D eigenvalue weighted by Crippen LogP contribution is 2.30. The van der Waals surface area contributed by atoms with Gasteiger partial charge in [0, 0.05) is 36.3 Å². The van der Waals surface area contributed by atoms with Crippen LogP contribution in [0.4, 0.5) is 0 Å². The molecule has 0 aromatic heterocycles. The molecule has 6 atom stereocenters. The average molecular weight is 806 g/mol. The summed E-state index contributed by atoms with van der Waals surface area (Å²) in [5.41, 5.74) is 10.4. The van der Waals surface area contributed by atoms with Gasteiger partial charge in [-0.2, -0.15) is 8.42 Å². The van der Waals surface area contributed by atoms with Crippen LogP contribution in [-0.2, 0) is 52.4 Å². The summed E-state index contributed by atoms with van der Waals surface area (Å²) in [6.07, 6.45) is 3.98. The van der Waals surface area contributed by atoms with E-state index in [1.807, 2.05) is 34.6 Å². The van der Waals surface area contributed by atoms with Gasteiger partial charge in [-0.3, -0.25) is 13.8 Å². The second kappa shape index (κ2) is 23.7. The molecule has 0 heterocycles. The zero-order chi connectivity index (χ0) is 42.0. The van der Waals surface area contributed by atoms with Crippen molar-refractivity contribution in [3.8, 4) is 0 Å². The van der Waals surface area contributed by atoms with Crippen LogP contribution < -0.4 is 10.6 Å². The SMILES string of the molecule is CCOC(=O)C1=C[C@@H](OC(CC)CC)[C@H](NC(C)=O)[C@@H](N=[N+]=[N-])C1.CCOC(=O)C1=C[C@@H](OC(CC)CC)[C@H](NC(C)=O)[C@H](OS(=O)(=O)c2ccc(C)cc2)C1. The number of carbonyl (C=O) groups excluding carboxylic acids is 4. The summed E-state index contributed by atoms with van der Waals surface area (Å²) in [4.78, 5) is 50.9. The van der Waals surface area contributed by atoms with E-state index in [0.717, 1.165) is 31.2 Å². The van der Waals surface area contributed by atoms with Crippen LogP contribution >= 0.6 is 0 Å². The Labute approximate surface area is 330 Å². The second-order valence-electron chi connectivity index (χ2n) is 13.4. The summed E-state index contributed by atoms with van der Waals surface area (Å²) in [6.45, 7) is 16.4. The van der Waals surface area contributed by atoms with Crippen molar-refractivity contribution < 1.29 is 50.7 Å². The van der Waals surface area contributed by atoms with Crippen molar-refractivity contribution in [1.29, 1.82) is 0 Å². The minimum Gasteiger partial charge on any atom is -0.463 e. The van der Waals surface area contributed by atoms with Gasteiger partial charge in [-0.05, 0) is 82.7 Å². The molecule has 17 heteroatoms. The van der Waals surface area contributed by atoms with Gasteiger partial charge in [0.1, 0.15) is 6.10 Å². The molecular formula is C39H59N5O11S. The molecule has 0 bridgehead atoms. The first kappa shape index (κ1) is 47.9. The van der Waals surface area contributed by atoms with Gasteiger partial charge in [-0.1, -0.05) is 50.5 Å². The lowest BCUT2D eigenvalue weighted by Gasteiger charge is -2.37. The highest BCUT2D eigenvalue weighted by molar-refractivity contribution is 7.86. The maximum Gasteiger partial charge on any atom is 0.333 e. The molecule has 0 unspecified atom stereocenters. The molecule has 1 aromatic rings. The van der Waals surface area contributed by atoms with Crippen LogP contribution in [0.1, 0.15) is 99.5 Å². The number of rotatable bonds is 18. The van der Waals surface area contributed by atoms with E-state index >= 15 is 0 Å². The molecule has 2 aliphatic rings. The number of nitrogens with zero attached hydrogens (tertiary/aromatic N) is 3. The lowest BCUT2D eigenvalue weighted by atomic mass is 9.88. The number of amides is 2. The molecule has 0 spiro atoms. The normalized spacial score (nSPS) is 22.1. The zero-order valence-corrected chi connectivity index (χ0v) is 34.8. The molecule has 0 radical (unpaired) electrons. The summed E-state index contributed by atoms with van der Waals surface area (Å²) in [5, 5.41) is 9.30. The molecule has 2 aliphatic carbocycles. The summed E-state index contributed by atoms with van der Waals surface area (Å²) in [6, 6.07) is 4.34. The highest BCUT2D eigenvalue weighted by Gasteiger charge is 2.41. The molecule has 0 aliphatic heterocycles. The topological polar surface area (TPSA) is 221 Å². The molecule has 16 nitrogen and oxygen atoms in total. The van der Waals surface area contributed by atoms with E-state index < -0.39 is 58.5 Å². The van der Waals surface area contributed by atoms with E-state index in [2.05, 4.69) is 20.7 Å². The molecule has 0 saturated heterocycles. The van der Waals surface area contributed by atoms with Crippen molar-refractivity contribution in [1.82, 2.24) is 10.6 Å². The van der Waals surface area contributed by atoms with E-state index in [4.69, 9.17) is 28.7 Å². The van der Waals surface area contributed by atoms with Crippen LogP contribution in [-0.4, -0.2) is 94.0 Å². The first-order valence-corrected chi connectivity index (χ1v) is 20.6. The van der Waals surface area contributed by atoms with Crippen molar-refractivity contribution >= 4 is 33.9 Å². The molecular weight excluding hydrogens is 747 g/mol. The fourth-order valence-corrected chi connectivity index (χ4v) is 7.38. The number of carbonyl (C=O) groups is 4. The van der Waals surface area contributed by atoms with Crippen molar-refractivity contribution in [2.75, 3.05) is 13.2 Å². The zero-order valence-electron chi connectivity index (χ0n) is 34.0. The smallest absolute Gasteiger partial charge is 0.333 e. The first-order valence-electron chi connectivity index (χ1n) is 19.2. The number of azide groups is 1. The van der Waals surface area contributed by atoms with Gasteiger partial charge in [0.25, 0.3) is 10.1 Å². The maximum absolute atomic E-state index is 13.0. The summed E-state index contributed by atoms with van der Waals surface area (Å²) in [5.74, 6) is -1.62. The Morgan fingerprint density at radius 3 is 1.64 bits per heavy atom. The quantitative estimate of drug-likeness (QED) is 0.0604. The standard InChI is InChI=1S/C23H33NO7S.C16H26N4O4/c1-6-18(7-2)30-20-13-17(23(26)29-8-3)14-21(22(20)24-16(5)25)31-32(27,28)19-11-9-15(4)10-12-19;1-5-12(6-2)24-14-9-11(16(22)23-7-3)8-13(19-20-17)15(14)18-10(4)21/h9-13,18,20-22H,6-8,14H2,1-5H3,(H,24,25);9,12-15H,5-8H2,1-4H3,(H,18,21)/t20-,21-,22+;13-,14+,15+/m10/s1. The molecule has 1 aromatic carbocycles. The number of nitrogens with one attached hydrogen (secondary N) is 2. The molecule has 2 amide bonds. The average Bonchev–Trinajstić information content (AvgIpc) is 3.15. The van der Waals surface area contributed by atoms with Crippen LogP contribution in [0.3, 0.4) is 0 Å². The van der Waals surface area contributed by atoms with Crippen LogP contribution in [0.15, 0.2) is 57.6 Å². The number of esters is 2. The van der Waals surface area contributed by atoms with E-state index in [1.54, 1.807) is 38.1 Å². The fraction of sp³-hybridized carbons (Fsp3) is 0.641. The van der Waals surface area contributed by atoms with E-state index in [0.29, 0.717) is 5.57 Å². The molecule has 56 heavy (non-hydrogen) atoms. The van der Waals surface area contributed by atoms with Gasteiger partial charge >= 0.3 is 11.9 Å². The predicted octanol–water partition coefficient (Wildman–Crippen LogP) is 5.68. The third-order valence-electron chi connectivity index (χ3n) is 9.20. The van der Waals surface area contributed by atoms with Crippen LogP contribution in [0.25, 0.3) is 10.4 Å². The van der Waals surface area contributed by atoms with Crippen molar-refractivity contribution in [2.45, 2.75) is 154 Å². The highest BCUT2D eigenvalue weighted by atomic mass is 32.2. The van der Waals surface area contributed by atoms with Crippen LogP contribution in [0.2, 0.25) is 0 Å². The molecule has 0 fully saturated rings. The fourth-order valence-electron chi connectivity index (χ4n) is 6.29. The first-order chi connectivity index (χ1) is 26.6. The Kier molecular flexibility index (Phi) is 20.3. The lowest BCUT2D eigenvalue weighted by Crippen LogP contribution is -2.55. The van der Waals surface area contributed by atoms with Gasteiger partial charge < -0.3 is 29.6 Å². The summed E-state index contributed by atoms with van der Waals surface area (Å²) >= 11 is 0. The van der Waals surface area contributed by atoms with Gasteiger partial charge in [-0.25, -0.2) is 9.59 Å².